The monoisotopic (exact) mass is 910 g/mol. The SMILES string of the molecule is Cc1cccc2c3cccc(C)c3n(-c3ccnc(-n4c5[c-]c(Oc6[c-]c(N7[CH-]N(C)c8ccncc87)cc(C(C)(C)C)c6)ccc5c5ccccc54)c3)c12.[Pt]. The van der Waals surface area contributed by atoms with Gasteiger partial charge in [0, 0.05) is 79.2 Å². The Morgan fingerprint density at radius 3 is 2.16 bits per heavy atom. The van der Waals surface area contributed by atoms with Gasteiger partial charge in [-0.3, -0.25) is 4.98 Å². The first-order valence-corrected chi connectivity index (χ1v) is 18.6. The number of hydrogen-bond acceptors (Lipinski definition) is 5. The van der Waals surface area contributed by atoms with Crippen LogP contribution in [0.25, 0.3) is 55.1 Å². The molecule has 4 aromatic heterocycles. The molecule has 8 heteroatoms. The van der Waals surface area contributed by atoms with Crippen molar-refractivity contribution in [1.29, 1.82) is 0 Å². The fraction of sp³-hybridized carbons (Fsp3) is 0.146. The number of aryl methyl sites for hydroxylation is 2. The van der Waals surface area contributed by atoms with Crippen LogP contribution >= 0.6 is 0 Å². The molecule has 0 saturated heterocycles. The third kappa shape index (κ3) is 5.67. The van der Waals surface area contributed by atoms with Crippen LogP contribution in [-0.4, -0.2) is 26.1 Å². The van der Waals surface area contributed by atoms with Crippen LogP contribution in [0.15, 0.2) is 122 Å². The molecule has 9 aromatic rings. The van der Waals surface area contributed by atoms with Crippen molar-refractivity contribution in [2.45, 2.75) is 40.0 Å². The minimum Gasteiger partial charge on any atom is -0.509 e. The number of nitrogens with zero attached hydrogens (tertiary/aromatic N) is 6. The predicted molar refractivity (Wildman–Crippen MR) is 224 cm³/mol. The molecule has 280 valence electrons. The van der Waals surface area contributed by atoms with Gasteiger partial charge in [-0.15, -0.1) is 47.0 Å². The van der Waals surface area contributed by atoms with E-state index in [0.717, 1.165) is 55.9 Å². The Bertz CT molecular complexity index is 2930. The predicted octanol–water partition coefficient (Wildman–Crippen LogP) is 11.7. The summed E-state index contributed by atoms with van der Waals surface area (Å²) in [6.45, 7) is 13.1. The fourth-order valence-corrected chi connectivity index (χ4v) is 8.17. The van der Waals surface area contributed by atoms with E-state index >= 15 is 0 Å². The summed E-state index contributed by atoms with van der Waals surface area (Å²) < 4.78 is 11.3. The van der Waals surface area contributed by atoms with Gasteiger partial charge in [0.25, 0.3) is 0 Å². The van der Waals surface area contributed by atoms with Crippen LogP contribution in [0.2, 0.25) is 0 Å². The molecule has 0 aliphatic carbocycles. The summed E-state index contributed by atoms with van der Waals surface area (Å²) in [5.74, 6) is 2.02. The number of fused-ring (bicyclic) bond motifs is 7. The molecule has 0 saturated carbocycles. The molecule has 5 aromatic carbocycles. The van der Waals surface area contributed by atoms with Crippen LogP contribution < -0.4 is 14.5 Å². The van der Waals surface area contributed by atoms with E-state index in [1.54, 1.807) is 0 Å². The number of para-hydroxylation sites is 3. The molecule has 0 N–H and O–H groups in total. The Hall–Kier alpha value is -5.91. The number of benzene rings is 5. The second-order valence-electron chi connectivity index (χ2n) is 15.5. The molecule has 7 nitrogen and oxygen atoms in total. The van der Waals surface area contributed by atoms with Crippen molar-refractivity contribution >= 4 is 60.7 Å². The van der Waals surface area contributed by atoms with Gasteiger partial charge in [-0.05, 0) is 61.0 Å². The van der Waals surface area contributed by atoms with E-state index in [2.05, 4.69) is 168 Å². The topological polar surface area (TPSA) is 51.4 Å². The van der Waals surface area contributed by atoms with E-state index in [4.69, 9.17) is 9.72 Å². The van der Waals surface area contributed by atoms with Crippen molar-refractivity contribution in [3.63, 3.8) is 0 Å². The van der Waals surface area contributed by atoms with E-state index in [9.17, 15) is 0 Å². The number of hydrogen-bond donors (Lipinski definition) is 0. The minimum absolute atomic E-state index is 0. The standard InChI is InChI=1S/C48H39N6O.Pt/c1-30-11-9-14-39-40-15-10-12-31(2)47(40)53(46(30)39)33-19-22-50-45(26-33)54-41-16-8-7-13-37(41)38-18-17-35(27-43(38)54)55-36-24-32(48(3,4)5)23-34(25-36)52-29-51(6)42-20-21-49-28-44(42)52;/h7-24,26,28-29H,1-6H3;/q-3;. The summed E-state index contributed by atoms with van der Waals surface area (Å²) in [6.07, 6.45) is 5.62. The van der Waals surface area contributed by atoms with Crippen LogP contribution in [-0.2, 0) is 26.5 Å². The van der Waals surface area contributed by atoms with Crippen molar-refractivity contribution < 1.29 is 25.8 Å². The van der Waals surface area contributed by atoms with Crippen LogP contribution in [0.5, 0.6) is 11.5 Å². The van der Waals surface area contributed by atoms with E-state index in [0.29, 0.717) is 11.5 Å². The first-order chi connectivity index (χ1) is 26.6. The summed E-state index contributed by atoms with van der Waals surface area (Å²) in [5, 5.41) is 4.69. The van der Waals surface area contributed by atoms with E-state index in [1.165, 1.54) is 32.9 Å². The van der Waals surface area contributed by atoms with Crippen LogP contribution in [0, 0.1) is 32.6 Å². The zero-order chi connectivity index (χ0) is 37.6. The second kappa shape index (κ2) is 13.4. The molecular weight excluding hydrogens is 872 g/mol. The molecule has 56 heavy (non-hydrogen) atoms. The van der Waals surface area contributed by atoms with Crippen LogP contribution in [0.4, 0.5) is 17.1 Å². The van der Waals surface area contributed by atoms with Gasteiger partial charge in [0.15, 0.2) is 0 Å². The molecule has 1 aliphatic heterocycles. The average molecular weight is 911 g/mol. The first kappa shape index (κ1) is 35.8. The molecule has 0 fully saturated rings. The van der Waals surface area contributed by atoms with Gasteiger partial charge >= 0.3 is 0 Å². The van der Waals surface area contributed by atoms with Gasteiger partial charge in [-0.2, -0.15) is 12.7 Å². The summed E-state index contributed by atoms with van der Waals surface area (Å²) in [5.41, 5.74) is 11.8. The van der Waals surface area contributed by atoms with E-state index in [1.807, 2.05) is 37.8 Å². The largest absolute Gasteiger partial charge is 0.509 e. The average Bonchev–Trinajstić information content (AvgIpc) is 3.83. The number of aromatic nitrogens is 4. The van der Waals surface area contributed by atoms with Crippen LogP contribution in [0.3, 0.4) is 0 Å². The Labute approximate surface area is 341 Å². The molecule has 0 unspecified atom stereocenters. The fourth-order valence-electron chi connectivity index (χ4n) is 8.17. The molecule has 0 amide bonds. The molecular formula is C48H39N6OPt-3. The first-order valence-electron chi connectivity index (χ1n) is 18.6. The Morgan fingerprint density at radius 2 is 1.41 bits per heavy atom. The van der Waals surface area contributed by atoms with Gasteiger partial charge < -0.3 is 23.7 Å². The van der Waals surface area contributed by atoms with Gasteiger partial charge in [0.2, 0.25) is 0 Å². The Kier molecular flexibility index (Phi) is 8.55. The Morgan fingerprint density at radius 1 is 0.679 bits per heavy atom. The number of rotatable bonds is 5. The minimum atomic E-state index is -0.129. The Balaban J connectivity index is 0.00000410. The number of pyridine rings is 2. The maximum Gasteiger partial charge on any atom is 0.137 e. The second-order valence-corrected chi connectivity index (χ2v) is 15.5. The molecule has 5 heterocycles. The molecule has 0 spiro atoms. The molecule has 0 radical (unpaired) electrons. The smallest absolute Gasteiger partial charge is 0.137 e. The molecule has 0 bridgehead atoms. The zero-order valence-electron chi connectivity index (χ0n) is 32.0. The number of anilines is 3. The van der Waals surface area contributed by atoms with Crippen molar-refractivity contribution in [2.75, 3.05) is 16.8 Å². The maximum absolute atomic E-state index is 6.71. The van der Waals surface area contributed by atoms with Crippen molar-refractivity contribution in [3.05, 3.63) is 157 Å². The third-order valence-electron chi connectivity index (χ3n) is 10.9. The van der Waals surface area contributed by atoms with E-state index < -0.39 is 0 Å². The van der Waals surface area contributed by atoms with Crippen LogP contribution in [0.1, 0.15) is 37.5 Å². The molecule has 0 atom stereocenters. The van der Waals surface area contributed by atoms with E-state index in [-0.39, 0.29) is 26.5 Å². The van der Waals surface area contributed by atoms with Crippen molar-refractivity contribution in [2.24, 2.45) is 0 Å². The molecule has 10 rings (SSSR count). The number of ether oxygens (including phenoxy) is 1. The van der Waals surface area contributed by atoms with Gasteiger partial charge in [-0.1, -0.05) is 80.9 Å². The molecule has 1 aliphatic rings. The van der Waals surface area contributed by atoms with Crippen molar-refractivity contribution in [3.8, 4) is 23.0 Å². The maximum atomic E-state index is 6.71. The van der Waals surface area contributed by atoms with Gasteiger partial charge in [0.05, 0.1) is 22.4 Å². The normalized spacial score (nSPS) is 12.9. The quantitative estimate of drug-likeness (QED) is 0.161. The zero-order valence-corrected chi connectivity index (χ0v) is 34.3. The van der Waals surface area contributed by atoms with Crippen molar-refractivity contribution in [1.82, 2.24) is 19.1 Å². The summed E-state index contributed by atoms with van der Waals surface area (Å²) in [4.78, 5) is 13.6. The van der Waals surface area contributed by atoms with Gasteiger partial charge in [-0.25, -0.2) is 4.98 Å². The third-order valence-corrected chi connectivity index (χ3v) is 10.9. The summed E-state index contributed by atoms with van der Waals surface area (Å²) in [6, 6.07) is 43.5. The van der Waals surface area contributed by atoms with Gasteiger partial charge in [0.1, 0.15) is 5.82 Å². The summed E-state index contributed by atoms with van der Waals surface area (Å²) >= 11 is 0. The summed E-state index contributed by atoms with van der Waals surface area (Å²) in [7, 11) is 2.04.